The summed E-state index contributed by atoms with van der Waals surface area (Å²) in [6, 6.07) is 14.3. The Labute approximate surface area is 175 Å². The van der Waals surface area contributed by atoms with Crippen LogP contribution in [0.3, 0.4) is 0 Å². The fraction of sp³-hybridized carbons (Fsp3) is 0.304. The van der Waals surface area contributed by atoms with Gasteiger partial charge in [-0.3, -0.25) is 0 Å². The van der Waals surface area contributed by atoms with Crippen molar-refractivity contribution in [1.82, 2.24) is 15.0 Å². The van der Waals surface area contributed by atoms with Gasteiger partial charge in [0.15, 0.2) is 0 Å². The van der Waals surface area contributed by atoms with Gasteiger partial charge in [0.1, 0.15) is 18.2 Å². The van der Waals surface area contributed by atoms with Crippen molar-refractivity contribution in [3.05, 3.63) is 66.2 Å². The molecule has 0 spiro atoms. The minimum atomic E-state index is -0.208. The number of aliphatic hydroxyl groups excluding tert-OH is 1. The number of aromatic nitrogens is 3. The van der Waals surface area contributed by atoms with Gasteiger partial charge in [-0.25, -0.2) is 15.0 Å². The third-order valence-corrected chi connectivity index (χ3v) is 5.38. The number of nitriles is 1. The highest BCUT2D eigenvalue weighted by molar-refractivity contribution is 5.64. The molecular weight excluding hydrogens is 376 g/mol. The van der Waals surface area contributed by atoms with Crippen molar-refractivity contribution >= 4 is 11.5 Å². The van der Waals surface area contributed by atoms with E-state index >= 15 is 0 Å². The van der Waals surface area contributed by atoms with Crippen LogP contribution in [0.5, 0.6) is 0 Å². The van der Waals surface area contributed by atoms with Gasteiger partial charge in [-0.05, 0) is 25.7 Å². The molecule has 2 aromatic heterocycles. The molecule has 1 saturated carbocycles. The van der Waals surface area contributed by atoms with Crippen molar-refractivity contribution in [2.45, 2.75) is 44.4 Å². The molecule has 0 radical (unpaired) electrons. The van der Waals surface area contributed by atoms with Crippen molar-refractivity contribution in [3.8, 4) is 17.3 Å². The van der Waals surface area contributed by atoms with Gasteiger partial charge in [-0.15, -0.1) is 0 Å². The second-order valence-electron chi connectivity index (χ2n) is 7.49. The maximum atomic E-state index is 9.71. The molecule has 152 valence electrons. The van der Waals surface area contributed by atoms with Gasteiger partial charge in [0.05, 0.1) is 23.0 Å². The molecule has 0 amide bonds. The van der Waals surface area contributed by atoms with Crippen LogP contribution in [0, 0.1) is 11.3 Å². The second-order valence-corrected chi connectivity index (χ2v) is 7.49. The lowest BCUT2D eigenvalue weighted by atomic mass is 9.93. The van der Waals surface area contributed by atoms with Crippen molar-refractivity contribution in [1.29, 1.82) is 5.26 Å². The zero-order valence-electron chi connectivity index (χ0n) is 16.6. The molecule has 0 bridgehead atoms. The molecule has 1 aromatic carbocycles. The van der Waals surface area contributed by atoms with Gasteiger partial charge in [-0.2, -0.15) is 5.26 Å². The van der Waals surface area contributed by atoms with Crippen LogP contribution in [0.4, 0.5) is 11.5 Å². The molecular formula is C23H24N6O. The molecule has 0 aliphatic heterocycles. The fourth-order valence-corrected chi connectivity index (χ4v) is 3.73. The first kappa shape index (κ1) is 19.8. The number of aliphatic hydroxyl groups is 1. The molecule has 0 atom stereocenters. The normalized spacial score (nSPS) is 18.4. The van der Waals surface area contributed by atoms with E-state index in [1.165, 1.54) is 0 Å². The average molecular weight is 400 g/mol. The Balaban J connectivity index is 1.49. The minimum Gasteiger partial charge on any atom is -0.393 e. The molecule has 7 heteroatoms. The Hall–Kier alpha value is -3.50. The smallest absolute Gasteiger partial charge is 0.128 e. The third kappa shape index (κ3) is 4.73. The lowest BCUT2D eigenvalue weighted by Gasteiger charge is -2.27. The summed E-state index contributed by atoms with van der Waals surface area (Å²) in [6.45, 7) is 0.513. The van der Waals surface area contributed by atoms with E-state index in [1.807, 2.05) is 36.4 Å². The zero-order valence-corrected chi connectivity index (χ0v) is 16.6. The first-order chi connectivity index (χ1) is 14.7. The largest absolute Gasteiger partial charge is 0.393 e. The lowest BCUT2D eigenvalue weighted by Crippen LogP contribution is -2.28. The van der Waals surface area contributed by atoms with Crippen LogP contribution in [0.2, 0.25) is 0 Å². The average Bonchev–Trinajstić information content (AvgIpc) is 2.80. The molecule has 1 fully saturated rings. The number of benzene rings is 1. The molecule has 1 aliphatic rings. The van der Waals surface area contributed by atoms with Gasteiger partial charge in [0, 0.05) is 42.2 Å². The highest BCUT2D eigenvalue weighted by Gasteiger charge is 2.20. The summed E-state index contributed by atoms with van der Waals surface area (Å²) < 4.78 is 0. The van der Waals surface area contributed by atoms with Crippen LogP contribution in [-0.4, -0.2) is 32.2 Å². The van der Waals surface area contributed by atoms with E-state index in [2.05, 4.69) is 31.7 Å². The van der Waals surface area contributed by atoms with Crippen LogP contribution in [0.25, 0.3) is 11.3 Å². The standard InChI is InChI=1S/C23H24N6O/c24-11-17-13-26-22(10-21(17)29-19-6-8-20(30)9-7-19)27-14-18-12-25-15-28-23(18)16-4-2-1-3-5-16/h1-5,10,12-13,15,19-20,30H,6-9,14H2,(H2,26,27,29). The molecule has 1 aliphatic carbocycles. The van der Waals surface area contributed by atoms with Crippen molar-refractivity contribution < 1.29 is 5.11 Å². The van der Waals surface area contributed by atoms with Crippen LogP contribution >= 0.6 is 0 Å². The monoisotopic (exact) mass is 400 g/mol. The summed E-state index contributed by atoms with van der Waals surface area (Å²) in [4.78, 5) is 13.0. The van der Waals surface area contributed by atoms with Crippen molar-refractivity contribution in [2.24, 2.45) is 0 Å². The van der Waals surface area contributed by atoms with Gasteiger partial charge < -0.3 is 15.7 Å². The Morgan fingerprint density at radius 2 is 1.87 bits per heavy atom. The molecule has 7 nitrogen and oxygen atoms in total. The summed E-state index contributed by atoms with van der Waals surface area (Å²) in [5.74, 6) is 0.676. The Morgan fingerprint density at radius 1 is 1.07 bits per heavy atom. The Bertz CT molecular complexity index is 1030. The molecule has 3 aromatic rings. The number of rotatable bonds is 6. The highest BCUT2D eigenvalue weighted by atomic mass is 16.3. The quantitative estimate of drug-likeness (QED) is 0.579. The number of hydrogen-bond acceptors (Lipinski definition) is 7. The van der Waals surface area contributed by atoms with E-state index < -0.39 is 0 Å². The molecule has 30 heavy (non-hydrogen) atoms. The van der Waals surface area contributed by atoms with E-state index in [0.717, 1.165) is 48.2 Å². The minimum absolute atomic E-state index is 0.208. The number of anilines is 2. The molecule has 0 saturated heterocycles. The summed E-state index contributed by atoms with van der Waals surface area (Å²) >= 11 is 0. The van der Waals surface area contributed by atoms with Crippen LogP contribution in [-0.2, 0) is 6.54 Å². The first-order valence-electron chi connectivity index (χ1n) is 10.2. The van der Waals surface area contributed by atoms with Gasteiger partial charge in [0.2, 0.25) is 0 Å². The topological polar surface area (TPSA) is 107 Å². The van der Waals surface area contributed by atoms with Gasteiger partial charge in [-0.1, -0.05) is 30.3 Å². The van der Waals surface area contributed by atoms with Crippen LogP contribution in [0.1, 0.15) is 36.8 Å². The molecule has 0 unspecified atom stereocenters. The van der Waals surface area contributed by atoms with Crippen LogP contribution in [0.15, 0.2) is 55.1 Å². The summed E-state index contributed by atoms with van der Waals surface area (Å²) in [5.41, 5.74) is 4.16. The summed E-state index contributed by atoms with van der Waals surface area (Å²) in [5, 5.41) is 25.9. The fourth-order valence-electron chi connectivity index (χ4n) is 3.73. The zero-order chi connectivity index (χ0) is 20.8. The SMILES string of the molecule is N#Cc1cnc(NCc2cncnc2-c2ccccc2)cc1NC1CCC(O)CC1. The van der Waals surface area contributed by atoms with Gasteiger partial charge in [0.25, 0.3) is 0 Å². The second kappa shape index (κ2) is 9.33. The molecule has 2 heterocycles. The van der Waals surface area contributed by atoms with Gasteiger partial charge >= 0.3 is 0 Å². The van der Waals surface area contributed by atoms with E-state index in [-0.39, 0.29) is 12.1 Å². The van der Waals surface area contributed by atoms with E-state index in [0.29, 0.717) is 17.9 Å². The summed E-state index contributed by atoms with van der Waals surface area (Å²) in [7, 11) is 0. The Morgan fingerprint density at radius 3 is 2.63 bits per heavy atom. The van der Waals surface area contributed by atoms with E-state index in [9.17, 15) is 10.4 Å². The molecule has 4 rings (SSSR count). The maximum Gasteiger partial charge on any atom is 0.128 e. The van der Waals surface area contributed by atoms with Crippen molar-refractivity contribution in [3.63, 3.8) is 0 Å². The predicted octanol–water partition coefficient (Wildman–Crippen LogP) is 3.74. The highest BCUT2D eigenvalue weighted by Crippen LogP contribution is 2.26. The number of nitrogens with zero attached hydrogens (tertiary/aromatic N) is 4. The maximum absolute atomic E-state index is 9.71. The Kier molecular flexibility index (Phi) is 6.16. The molecule has 3 N–H and O–H groups in total. The summed E-state index contributed by atoms with van der Waals surface area (Å²) in [6.07, 6.45) is 8.07. The lowest BCUT2D eigenvalue weighted by molar-refractivity contribution is 0.126. The number of hydrogen-bond donors (Lipinski definition) is 3. The number of nitrogens with one attached hydrogen (secondary N) is 2. The van der Waals surface area contributed by atoms with E-state index in [4.69, 9.17) is 0 Å². The van der Waals surface area contributed by atoms with Crippen molar-refractivity contribution in [2.75, 3.05) is 10.6 Å². The first-order valence-corrected chi connectivity index (χ1v) is 10.2. The predicted molar refractivity (Wildman–Crippen MR) is 116 cm³/mol. The van der Waals surface area contributed by atoms with E-state index in [1.54, 1.807) is 18.7 Å². The third-order valence-electron chi connectivity index (χ3n) is 5.38. The number of pyridine rings is 1. The van der Waals surface area contributed by atoms with Crippen LogP contribution < -0.4 is 10.6 Å².